The molecule has 5 aromatic rings. The van der Waals surface area contributed by atoms with Crippen LogP contribution in [-0.4, -0.2) is 130 Å². The van der Waals surface area contributed by atoms with Gasteiger partial charge in [0, 0.05) is 43.0 Å². The number of halogens is 3. The molecule has 0 bridgehead atoms. The van der Waals surface area contributed by atoms with Crippen LogP contribution < -0.4 is 5.32 Å². The Labute approximate surface area is 378 Å². The van der Waals surface area contributed by atoms with Crippen LogP contribution in [0.1, 0.15) is 84.0 Å². The second-order valence-electron chi connectivity index (χ2n) is 17.6. The Morgan fingerprint density at radius 1 is 0.818 bits per heavy atom. The fourth-order valence-corrected chi connectivity index (χ4v) is 8.24. The standard InChI is InChI=1S/C43H52N10O6.C2HF3O2/c1-24(2)35(51(6)42(57)58)39(54)52-18-8-10-33(52)37-45-22-31(48-37)26-14-12-25(13-15-26)30-21-44-29-20-27(16-17-28(29)47-30)32-23-46-38(49-32)34-11-9-19-53(34)40(55)36(43(3,4)5)50-41(56)59-7;3-2(4,5)1(6)7/h12-17,20-24,33-36H,8-11,18-19H2,1-7H3,(H,45,48)(H,46,49)(H,50,56)(H,57,58);(H,6,7)/t33-,34-,35-,36+;/m0./s1. The van der Waals surface area contributed by atoms with Crippen molar-refractivity contribution in [3.05, 3.63) is 72.7 Å². The Morgan fingerprint density at radius 3 is 1.95 bits per heavy atom. The van der Waals surface area contributed by atoms with Gasteiger partial charge in [-0.25, -0.2) is 29.3 Å². The molecule has 18 nitrogen and oxygen atoms in total. The number of rotatable bonds is 10. The number of H-pyrrole nitrogens is 2. The predicted octanol–water partition coefficient (Wildman–Crippen LogP) is 7.44. The van der Waals surface area contributed by atoms with Gasteiger partial charge >= 0.3 is 24.3 Å². The van der Waals surface area contributed by atoms with Crippen molar-refractivity contribution in [2.75, 3.05) is 27.2 Å². The highest BCUT2D eigenvalue weighted by molar-refractivity contribution is 5.88. The van der Waals surface area contributed by atoms with E-state index in [-0.39, 0.29) is 29.8 Å². The zero-order valence-corrected chi connectivity index (χ0v) is 37.5. The largest absolute Gasteiger partial charge is 0.490 e. The molecule has 2 saturated heterocycles. The summed E-state index contributed by atoms with van der Waals surface area (Å²) in [5, 5.41) is 19.4. The minimum atomic E-state index is -5.08. The molecule has 2 aromatic carbocycles. The number of carbonyl (C=O) groups excluding carboxylic acids is 3. The molecule has 7 rings (SSSR count). The number of imidazole rings is 2. The lowest BCUT2D eigenvalue weighted by atomic mass is 9.85. The second-order valence-corrected chi connectivity index (χ2v) is 17.6. The predicted molar refractivity (Wildman–Crippen MR) is 234 cm³/mol. The maximum Gasteiger partial charge on any atom is 0.490 e. The first-order valence-corrected chi connectivity index (χ1v) is 21.3. The van der Waals surface area contributed by atoms with E-state index in [1.165, 1.54) is 14.2 Å². The SMILES string of the molecule is COC(=O)N[C@H](C(=O)N1CCC[C@H]1c1ncc(-c2ccc3nc(-c4ccc(-c5c[nH]c([C@@H]6CCCN6C(=O)[C@H](C(C)C)N(C)C(=O)O)n5)cc4)cnc3c2)[nH]1)C(C)(C)C.O=C(O)C(F)(F)F. The van der Waals surface area contributed by atoms with E-state index in [1.54, 1.807) is 22.2 Å². The lowest BCUT2D eigenvalue weighted by Crippen LogP contribution is -2.54. The van der Waals surface area contributed by atoms with Crippen molar-refractivity contribution in [2.24, 2.45) is 11.3 Å². The number of carbonyl (C=O) groups is 5. The van der Waals surface area contributed by atoms with Gasteiger partial charge in [0.1, 0.15) is 23.7 Å². The van der Waals surface area contributed by atoms with Gasteiger partial charge in [-0.1, -0.05) is 65.0 Å². The van der Waals surface area contributed by atoms with Crippen molar-refractivity contribution in [3.8, 4) is 33.8 Å². The van der Waals surface area contributed by atoms with Crippen molar-refractivity contribution in [2.45, 2.75) is 90.6 Å². The maximum absolute atomic E-state index is 13.8. The van der Waals surface area contributed by atoms with Crippen molar-refractivity contribution in [1.82, 2.24) is 49.9 Å². The average molecular weight is 919 g/mol. The molecule has 4 atom stereocenters. The lowest BCUT2D eigenvalue weighted by Gasteiger charge is -2.35. The molecule has 0 aliphatic carbocycles. The number of likely N-dealkylation sites (N-methyl/N-ethyl adjacent to an activating group) is 1. The molecule has 0 radical (unpaired) electrons. The third-order valence-corrected chi connectivity index (χ3v) is 11.6. The summed E-state index contributed by atoms with van der Waals surface area (Å²) in [6.07, 6.45) is 1.61. The number of alkyl halides is 3. The number of methoxy groups -OCH3 is 1. The topological polar surface area (TPSA) is 240 Å². The number of carboxylic acids is 1. The van der Waals surface area contributed by atoms with Crippen LogP contribution in [0, 0.1) is 11.3 Å². The number of aromatic nitrogens is 6. The number of aromatic amines is 2. The number of likely N-dealkylation sites (tertiary alicyclic amines) is 2. The van der Waals surface area contributed by atoms with Gasteiger partial charge in [-0.3, -0.25) is 19.5 Å². The Morgan fingerprint density at radius 2 is 1.39 bits per heavy atom. The summed E-state index contributed by atoms with van der Waals surface area (Å²) in [4.78, 5) is 90.7. The first kappa shape index (κ1) is 48.4. The van der Waals surface area contributed by atoms with Crippen LogP contribution >= 0.6 is 0 Å². The molecule has 5 heterocycles. The summed E-state index contributed by atoms with van der Waals surface area (Å²) in [7, 11) is 2.73. The molecule has 3 aromatic heterocycles. The number of carboxylic acid groups (broad SMARTS) is 2. The molecule has 352 valence electrons. The van der Waals surface area contributed by atoms with E-state index in [9.17, 15) is 37.5 Å². The molecule has 0 spiro atoms. The van der Waals surface area contributed by atoms with E-state index in [1.807, 2.05) is 83.3 Å². The molecular formula is C45H53F3N10O8. The third kappa shape index (κ3) is 10.7. The molecular weight excluding hydrogens is 866 g/mol. The summed E-state index contributed by atoms with van der Waals surface area (Å²) in [5.74, 6) is -1.96. The zero-order chi connectivity index (χ0) is 48.2. The van der Waals surface area contributed by atoms with Crippen LogP contribution in [0.25, 0.3) is 44.8 Å². The molecule has 5 N–H and O–H groups in total. The number of hydrogen-bond acceptors (Lipinski definition) is 10. The number of nitrogens with one attached hydrogen (secondary N) is 3. The fourth-order valence-electron chi connectivity index (χ4n) is 8.24. The highest BCUT2D eigenvalue weighted by Gasteiger charge is 2.42. The van der Waals surface area contributed by atoms with Crippen molar-refractivity contribution >= 4 is 41.0 Å². The number of ether oxygens (including phenoxy) is 1. The van der Waals surface area contributed by atoms with Gasteiger partial charge in [-0.05, 0) is 49.1 Å². The number of amides is 4. The molecule has 21 heteroatoms. The van der Waals surface area contributed by atoms with E-state index in [0.29, 0.717) is 24.7 Å². The first-order chi connectivity index (χ1) is 31.1. The molecule has 0 saturated carbocycles. The summed E-state index contributed by atoms with van der Waals surface area (Å²) in [6, 6.07) is 11.7. The van der Waals surface area contributed by atoms with E-state index in [0.717, 1.165) is 75.4 Å². The fraction of sp³-hybridized carbons (Fsp3) is 0.444. The zero-order valence-electron chi connectivity index (χ0n) is 37.5. The van der Waals surface area contributed by atoms with Crippen LogP contribution in [0.15, 0.2) is 61.1 Å². The lowest BCUT2D eigenvalue weighted by molar-refractivity contribution is -0.192. The van der Waals surface area contributed by atoms with Gasteiger partial charge in [0.25, 0.3) is 0 Å². The maximum atomic E-state index is 13.8. The van der Waals surface area contributed by atoms with Gasteiger partial charge in [0.2, 0.25) is 11.8 Å². The molecule has 0 unspecified atom stereocenters. The van der Waals surface area contributed by atoms with E-state index < -0.39 is 41.8 Å². The monoisotopic (exact) mass is 918 g/mol. The van der Waals surface area contributed by atoms with E-state index in [2.05, 4.69) is 20.3 Å². The van der Waals surface area contributed by atoms with Crippen molar-refractivity contribution in [1.29, 1.82) is 0 Å². The van der Waals surface area contributed by atoms with Gasteiger partial charge in [-0.15, -0.1) is 0 Å². The normalized spacial score (nSPS) is 17.3. The van der Waals surface area contributed by atoms with E-state index >= 15 is 0 Å². The van der Waals surface area contributed by atoms with Crippen LogP contribution in [0.3, 0.4) is 0 Å². The summed E-state index contributed by atoms with van der Waals surface area (Å²) < 4.78 is 36.5. The second kappa shape index (κ2) is 19.6. The Hall–Kier alpha value is -7.06. The summed E-state index contributed by atoms with van der Waals surface area (Å²) in [5.41, 5.74) is 5.85. The summed E-state index contributed by atoms with van der Waals surface area (Å²) >= 11 is 0. The molecule has 2 aliphatic rings. The van der Waals surface area contributed by atoms with Gasteiger partial charge in [-0.2, -0.15) is 13.2 Å². The van der Waals surface area contributed by atoms with E-state index in [4.69, 9.17) is 29.6 Å². The Bertz CT molecular complexity index is 2570. The van der Waals surface area contributed by atoms with Crippen LogP contribution in [0.2, 0.25) is 0 Å². The Balaban J connectivity index is 0.000000952. The van der Waals surface area contributed by atoms with Crippen molar-refractivity contribution < 1.29 is 52.1 Å². The van der Waals surface area contributed by atoms with Gasteiger partial charge < -0.3 is 40.0 Å². The highest BCUT2D eigenvalue weighted by atomic mass is 19.4. The number of aliphatic carboxylic acids is 1. The van der Waals surface area contributed by atoms with Crippen molar-refractivity contribution in [3.63, 3.8) is 0 Å². The molecule has 66 heavy (non-hydrogen) atoms. The molecule has 2 aliphatic heterocycles. The highest BCUT2D eigenvalue weighted by Crippen LogP contribution is 2.36. The number of nitrogens with zero attached hydrogens (tertiary/aromatic N) is 7. The Kier molecular flexibility index (Phi) is 14.4. The van der Waals surface area contributed by atoms with Crippen LogP contribution in [0.4, 0.5) is 22.8 Å². The minimum absolute atomic E-state index is 0.171. The van der Waals surface area contributed by atoms with Gasteiger partial charge in [0.15, 0.2) is 0 Å². The average Bonchev–Trinajstić information content (AvgIpc) is 4.11. The smallest absolute Gasteiger partial charge is 0.475 e. The quantitative estimate of drug-likeness (QED) is 0.0919. The number of benzene rings is 2. The number of fused-ring (bicyclic) bond motifs is 1. The van der Waals surface area contributed by atoms with Crippen LogP contribution in [0.5, 0.6) is 0 Å². The molecule has 2 fully saturated rings. The number of hydrogen-bond donors (Lipinski definition) is 5. The minimum Gasteiger partial charge on any atom is -0.475 e. The third-order valence-electron chi connectivity index (χ3n) is 11.6. The van der Waals surface area contributed by atoms with Gasteiger partial charge in [0.05, 0.1) is 59.7 Å². The summed E-state index contributed by atoms with van der Waals surface area (Å²) in [6.45, 7) is 10.6. The van der Waals surface area contributed by atoms with Crippen LogP contribution in [-0.2, 0) is 19.1 Å². The molecule has 4 amide bonds. The number of alkyl carbamates (subject to hydrolysis) is 1. The first-order valence-electron chi connectivity index (χ1n) is 21.3.